The number of aromatic nitrogens is 3. The lowest BCUT2D eigenvalue weighted by Crippen LogP contribution is -2.33. The van der Waals surface area contributed by atoms with Crippen LogP contribution in [-0.2, 0) is 11.4 Å². The number of rotatable bonds is 5. The zero-order valence-corrected chi connectivity index (χ0v) is 9.84. The van der Waals surface area contributed by atoms with E-state index in [4.69, 9.17) is 5.11 Å². The highest BCUT2D eigenvalue weighted by Gasteiger charge is 2.17. The van der Waals surface area contributed by atoms with Crippen LogP contribution in [0.5, 0.6) is 0 Å². The number of aliphatic hydroxyl groups is 1. The Hall–Kier alpha value is -1.43. The highest BCUT2D eigenvalue weighted by molar-refractivity contribution is 5.79. The fraction of sp³-hybridized carbons (Fsp3) is 0.700. The Morgan fingerprint density at radius 2 is 2.25 bits per heavy atom. The van der Waals surface area contributed by atoms with Gasteiger partial charge in [0.25, 0.3) is 0 Å². The molecule has 6 nitrogen and oxygen atoms in total. The molecule has 1 aromatic rings. The number of carbonyl (C=O) groups excluding carboxylic acids is 1. The summed E-state index contributed by atoms with van der Waals surface area (Å²) in [5.41, 5.74) is 0. The topological polar surface area (TPSA) is 80.0 Å². The zero-order valence-electron chi connectivity index (χ0n) is 9.84. The van der Waals surface area contributed by atoms with E-state index in [9.17, 15) is 4.79 Å². The minimum absolute atomic E-state index is 0.0943. The number of aliphatic hydroxyl groups excluding tert-OH is 1. The first-order valence-corrected chi connectivity index (χ1v) is 5.33. The number of hydrogen-bond donors (Lipinski definition) is 2. The Morgan fingerprint density at radius 1 is 1.56 bits per heavy atom. The van der Waals surface area contributed by atoms with Crippen molar-refractivity contribution in [2.24, 2.45) is 5.92 Å². The minimum atomic E-state index is -0.407. The first-order chi connectivity index (χ1) is 7.56. The first kappa shape index (κ1) is 12.6. The van der Waals surface area contributed by atoms with Crippen LogP contribution in [0.2, 0.25) is 0 Å². The second-order valence-corrected chi connectivity index (χ2v) is 4.13. The Labute approximate surface area is 94.7 Å². The molecule has 2 N–H and O–H groups in total. The fourth-order valence-electron chi connectivity index (χ4n) is 1.28. The highest BCUT2D eigenvalue weighted by atomic mass is 16.3. The van der Waals surface area contributed by atoms with E-state index in [0.29, 0.717) is 18.3 Å². The van der Waals surface area contributed by atoms with Crippen LogP contribution in [-0.4, -0.2) is 32.3 Å². The van der Waals surface area contributed by atoms with Crippen LogP contribution in [0.4, 0.5) is 0 Å². The summed E-state index contributed by atoms with van der Waals surface area (Å²) in [6.45, 7) is 6.23. The summed E-state index contributed by atoms with van der Waals surface area (Å²) >= 11 is 0. The van der Waals surface area contributed by atoms with Crippen LogP contribution >= 0.6 is 0 Å². The molecule has 1 unspecified atom stereocenters. The van der Waals surface area contributed by atoms with E-state index in [1.165, 1.54) is 6.33 Å². The quantitative estimate of drug-likeness (QED) is 0.746. The lowest BCUT2D eigenvalue weighted by molar-refractivity contribution is -0.124. The van der Waals surface area contributed by atoms with Crippen molar-refractivity contribution in [2.75, 3.05) is 6.54 Å². The minimum Gasteiger partial charge on any atom is -0.388 e. The second kappa shape index (κ2) is 5.60. The van der Waals surface area contributed by atoms with Gasteiger partial charge in [0.15, 0.2) is 5.82 Å². The smallest absolute Gasteiger partial charge is 0.242 e. The van der Waals surface area contributed by atoms with Gasteiger partial charge < -0.3 is 15.0 Å². The predicted molar refractivity (Wildman–Crippen MR) is 58.5 cm³/mol. The van der Waals surface area contributed by atoms with Gasteiger partial charge >= 0.3 is 0 Å². The molecule has 16 heavy (non-hydrogen) atoms. The molecule has 0 bridgehead atoms. The zero-order chi connectivity index (χ0) is 12.1. The summed E-state index contributed by atoms with van der Waals surface area (Å²) in [5, 5.41) is 19.2. The van der Waals surface area contributed by atoms with Gasteiger partial charge in [-0.25, -0.2) is 0 Å². The molecule has 6 heteroatoms. The lowest BCUT2D eigenvalue weighted by atomic mass is 10.2. The van der Waals surface area contributed by atoms with Gasteiger partial charge in [0.2, 0.25) is 5.91 Å². The molecule has 0 saturated heterocycles. The van der Waals surface area contributed by atoms with Crippen molar-refractivity contribution in [3.05, 3.63) is 12.2 Å². The van der Waals surface area contributed by atoms with Crippen LogP contribution in [0.15, 0.2) is 6.33 Å². The highest BCUT2D eigenvalue weighted by Crippen LogP contribution is 2.08. The summed E-state index contributed by atoms with van der Waals surface area (Å²) in [6, 6.07) is -0.407. The van der Waals surface area contributed by atoms with E-state index >= 15 is 0 Å². The van der Waals surface area contributed by atoms with Crippen LogP contribution in [0.25, 0.3) is 0 Å². The molecule has 0 aliphatic heterocycles. The molecular weight excluding hydrogens is 208 g/mol. The molecule has 1 heterocycles. The molecule has 1 aromatic heterocycles. The van der Waals surface area contributed by atoms with Crippen LogP contribution < -0.4 is 5.32 Å². The molecular formula is C10H18N4O2. The lowest BCUT2D eigenvalue weighted by Gasteiger charge is -2.15. The average molecular weight is 226 g/mol. The SMILES string of the molecule is CC(C)CNC(=O)C(C)n1cnnc1CO. The molecule has 0 fully saturated rings. The van der Waals surface area contributed by atoms with Crippen molar-refractivity contribution in [2.45, 2.75) is 33.4 Å². The van der Waals surface area contributed by atoms with Gasteiger partial charge in [-0.3, -0.25) is 4.79 Å². The third-order valence-electron chi connectivity index (χ3n) is 2.27. The van der Waals surface area contributed by atoms with Crippen molar-refractivity contribution in [1.82, 2.24) is 20.1 Å². The summed E-state index contributed by atoms with van der Waals surface area (Å²) in [6.07, 6.45) is 1.45. The summed E-state index contributed by atoms with van der Waals surface area (Å²) in [7, 11) is 0. The van der Waals surface area contributed by atoms with E-state index in [-0.39, 0.29) is 12.5 Å². The summed E-state index contributed by atoms with van der Waals surface area (Å²) < 4.78 is 1.57. The standard InChI is InChI=1S/C10H18N4O2/c1-7(2)4-11-10(16)8(3)14-6-12-13-9(14)5-15/h6-8,15H,4-5H2,1-3H3,(H,11,16). The maximum absolute atomic E-state index is 11.7. The number of nitrogens with zero attached hydrogens (tertiary/aromatic N) is 3. The van der Waals surface area contributed by atoms with Gasteiger partial charge in [-0.2, -0.15) is 0 Å². The Bertz CT molecular complexity index is 348. The molecule has 90 valence electrons. The van der Waals surface area contributed by atoms with Crippen LogP contribution in [0.3, 0.4) is 0 Å². The third kappa shape index (κ3) is 3.03. The van der Waals surface area contributed by atoms with Crippen molar-refractivity contribution >= 4 is 5.91 Å². The molecule has 0 spiro atoms. The molecule has 0 radical (unpaired) electrons. The molecule has 0 saturated carbocycles. The van der Waals surface area contributed by atoms with Gasteiger partial charge in [0.1, 0.15) is 19.0 Å². The van der Waals surface area contributed by atoms with E-state index in [1.807, 2.05) is 13.8 Å². The van der Waals surface area contributed by atoms with E-state index in [1.54, 1.807) is 11.5 Å². The number of amides is 1. The largest absolute Gasteiger partial charge is 0.388 e. The van der Waals surface area contributed by atoms with Gasteiger partial charge in [0, 0.05) is 6.54 Å². The van der Waals surface area contributed by atoms with Crippen molar-refractivity contribution < 1.29 is 9.90 Å². The third-order valence-corrected chi connectivity index (χ3v) is 2.27. The second-order valence-electron chi connectivity index (χ2n) is 4.13. The molecule has 0 aliphatic rings. The van der Waals surface area contributed by atoms with Gasteiger partial charge in [-0.15, -0.1) is 10.2 Å². The normalized spacial score (nSPS) is 12.8. The molecule has 0 aromatic carbocycles. The average Bonchev–Trinajstić information content (AvgIpc) is 2.72. The Kier molecular flexibility index (Phi) is 4.42. The molecule has 1 atom stereocenters. The van der Waals surface area contributed by atoms with Gasteiger partial charge in [0.05, 0.1) is 0 Å². The number of carbonyl (C=O) groups is 1. The summed E-state index contributed by atoms with van der Waals surface area (Å²) in [5.74, 6) is 0.713. The predicted octanol–water partition coefficient (Wildman–Crippen LogP) is 0.104. The fourth-order valence-corrected chi connectivity index (χ4v) is 1.28. The summed E-state index contributed by atoms with van der Waals surface area (Å²) in [4.78, 5) is 11.7. The van der Waals surface area contributed by atoms with Crippen molar-refractivity contribution in [1.29, 1.82) is 0 Å². The number of hydrogen-bond acceptors (Lipinski definition) is 4. The maximum Gasteiger partial charge on any atom is 0.242 e. The van der Waals surface area contributed by atoms with E-state index in [0.717, 1.165) is 0 Å². The van der Waals surface area contributed by atoms with Crippen LogP contribution in [0.1, 0.15) is 32.6 Å². The van der Waals surface area contributed by atoms with Crippen LogP contribution in [0, 0.1) is 5.92 Å². The van der Waals surface area contributed by atoms with E-state index < -0.39 is 6.04 Å². The first-order valence-electron chi connectivity index (χ1n) is 5.33. The molecule has 1 rings (SSSR count). The van der Waals surface area contributed by atoms with Gasteiger partial charge in [-0.05, 0) is 12.8 Å². The van der Waals surface area contributed by atoms with E-state index in [2.05, 4.69) is 15.5 Å². The van der Waals surface area contributed by atoms with Gasteiger partial charge in [-0.1, -0.05) is 13.8 Å². The van der Waals surface area contributed by atoms with Crippen molar-refractivity contribution in [3.63, 3.8) is 0 Å². The monoisotopic (exact) mass is 226 g/mol. The number of nitrogens with one attached hydrogen (secondary N) is 1. The van der Waals surface area contributed by atoms with Crippen molar-refractivity contribution in [3.8, 4) is 0 Å². The maximum atomic E-state index is 11.7. The molecule has 1 amide bonds. The Morgan fingerprint density at radius 3 is 2.81 bits per heavy atom. The Balaban J connectivity index is 2.63. The molecule has 0 aliphatic carbocycles.